The maximum Gasteiger partial charge on any atom is 0.266 e. The van der Waals surface area contributed by atoms with E-state index in [1.54, 1.807) is 60.7 Å². The van der Waals surface area contributed by atoms with Gasteiger partial charge in [-0.1, -0.05) is 57.9 Å². The molecule has 0 unspecified atom stereocenters. The average Bonchev–Trinajstić information content (AvgIpc) is 2.92. The van der Waals surface area contributed by atoms with Gasteiger partial charge in [-0.15, -0.1) is 0 Å². The van der Waals surface area contributed by atoms with Crippen LogP contribution in [0.3, 0.4) is 0 Å². The molecule has 0 radical (unpaired) electrons. The molecule has 0 aliphatic rings. The molecular weight excluding hydrogens is 571 g/mol. The Bertz CT molecular complexity index is 1500. The number of carbonyl (C=O) groups is 1. The topological polar surface area (TPSA) is 71.3 Å². The minimum absolute atomic E-state index is 0.103. The second-order valence-corrected chi connectivity index (χ2v) is 9.45. The summed E-state index contributed by atoms with van der Waals surface area (Å²) >= 11 is 9.57. The fourth-order valence-electron chi connectivity index (χ4n) is 3.42. The number of halogens is 3. The van der Waals surface area contributed by atoms with Crippen molar-refractivity contribution in [1.29, 1.82) is 5.26 Å². The second-order valence-electron chi connectivity index (χ2n) is 8.13. The van der Waals surface area contributed by atoms with Crippen molar-refractivity contribution in [2.45, 2.75) is 13.2 Å². The number of amides is 1. The molecule has 0 aliphatic heterocycles. The van der Waals surface area contributed by atoms with Crippen molar-refractivity contribution in [3.63, 3.8) is 0 Å². The first-order chi connectivity index (χ1) is 18.4. The molecule has 0 bridgehead atoms. The Morgan fingerprint density at radius 1 is 0.974 bits per heavy atom. The lowest BCUT2D eigenvalue weighted by Crippen LogP contribution is -2.13. The van der Waals surface area contributed by atoms with Gasteiger partial charge in [-0.2, -0.15) is 5.26 Å². The molecule has 190 valence electrons. The van der Waals surface area contributed by atoms with Crippen molar-refractivity contribution in [3.8, 4) is 17.6 Å². The van der Waals surface area contributed by atoms with Crippen LogP contribution in [-0.2, 0) is 18.0 Å². The number of nitrogens with zero attached hydrogens (tertiary/aromatic N) is 1. The van der Waals surface area contributed by atoms with Gasteiger partial charge in [0.2, 0.25) is 0 Å². The molecule has 38 heavy (non-hydrogen) atoms. The molecule has 1 N–H and O–H groups in total. The third-order valence-electron chi connectivity index (χ3n) is 5.41. The van der Waals surface area contributed by atoms with Crippen LogP contribution >= 0.6 is 27.5 Å². The predicted molar refractivity (Wildman–Crippen MR) is 149 cm³/mol. The van der Waals surface area contributed by atoms with Gasteiger partial charge in [-0.05, 0) is 72.3 Å². The van der Waals surface area contributed by atoms with Crippen molar-refractivity contribution >= 4 is 45.2 Å². The number of carbonyl (C=O) groups excluding carboxylic acids is 1. The molecule has 0 aromatic heterocycles. The number of nitrogens with one attached hydrogen (secondary N) is 1. The lowest BCUT2D eigenvalue weighted by molar-refractivity contribution is -0.112. The summed E-state index contributed by atoms with van der Waals surface area (Å²) in [5, 5.41) is 13.0. The summed E-state index contributed by atoms with van der Waals surface area (Å²) in [4.78, 5) is 12.9. The van der Waals surface area contributed by atoms with E-state index in [0.717, 1.165) is 15.6 Å². The van der Waals surface area contributed by atoms with Crippen molar-refractivity contribution < 1.29 is 18.7 Å². The van der Waals surface area contributed by atoms with Crippen molar-refractivity contribution in [2.75, 3.05) is 5.32 Å². The summed E-state index contributed by atoms with van der Waals surface area (Å²) in [5.41, 5.74) is 2.58. The van der Waals surface area contributed by atoms with Crippen LogP contribution in [0.5, 0.6) is 11.5 Å². The molecule has 0 heterocycles. The molecule has 4 rings (SSSR count). The van der Waals surface area contributed by atoms with Gasteiger partial charge in [0.05, 0.1) is 0 Å². The first-order valence-electron chi connectivity index (χ1n) is 11.5. The maximum absolute atomic E-state index is 13.2. The summed E-state index contributed by atoms with van der Waals surface area (Å²) in [6.07, 6.45) is 1.46. The highest BCUT2D eigenvalue weighted by Crippen LogP contribution is 2.27. The largest absolute Gasteiger partial charge is 0.489 e. The highest BCUT2D eigenvalue weighted by Gasteiger charge is 2.13. The van der Waals surface area contributed by atoms with Crippen molar-refractivity contribution in [3.05, 3.63) is 129 Å². The fourth-order valence-corrected chi connectivity index (χ4v) is 3.99. The highest BCUT2D eigenvalue weighted by molar-refractivity contribution is 9.10. The molecule has 1 amide bonds. The third kappa shape index (κ3) is 7.45. The number of rotatable bonds is 9. The zero-order valence-corrected chi connectivity index (χ0v) is 22.3. The van der Waals surface area contributed by atoms with Gasteiger partial charge in [0.25, 0.3) is 5.91 Å². The molecule has 4 aromatic rings. The normalized spacial score (nSPS) is 10.9. The van der Waals surface area contributed by atoms with Crippen molar-refractivity contribution in [2.24, 2.45) is 0 Å². The van der Waals surface area contributed by atoms with E-state index in [9.17, 15) is 14.4 Å². The Kier molecular flexibility index (Phi) is 9.15. The van der Waals surface area contributed by atoms with Gasteiger partial charge in [0, 0.05) is 26.3 Å². The van der Waals surface area contributed by atoms with E-state index in [4.69, 9.17) is 21.1 Å². The van der Waals surface area contributed by atoms with Crippen LogP contribution in [0.2, 0.25) is 5.02 Å². The highest BCUT2D eigenvalue weighted by atomic mass is 79.9. The first kappa shape index (κ1) is 26.9. The number of hydrogen-bond acceptors (Lipinski definition) is 4. The van der Waals surface area contributed by atoms with Crippen LogP contribution in [-0.4, -0.2) is 5.91 Å². The molecule has 8 heteroatoms. The van der Waals surface area contributed by atoms with Gasteiger partial charge in [-0.25, -0.2) is 4.39 Å². The van der Waals surface area contributed by atoms with Gasteiger partial charge < -0.3 is 14.8 Å². The molecule has 0 atom stereocenters. The van der Waals surface area contributed by atoms with Crippen molar-refractivity contribution in [1.82, 2.24) is 0 Å². The summed E-state index contributed by atoms with van der Waals surface area (Å²) in [7, 11) is 0. The lowest BCUT2D eigenvalue weighted by Gasteiger charge is -2.11. The minimum Gasteiger partial charge on any atom is -0.489 e. The van der Waals surface area contributed by atoms with E-state index in [0.29, 0.717) is 34.4 Å². The summed E-state index contributed by atoms with van der Waals surface area (Å²) in [5.74, 6) is 0.181. The second kappa shape index (κ2) is 12.9. The molecular formula is C30H21BrClFN2O3. The maximum atomic E-state index is 13.2. The SMILES string of the molecule is N#C/C(=C\c1cc(Br)ccc1OCc1ccc(F)cc1)C(=O)Nc1ccc(OCc2ccccc2Cl)cc1. The summed E-state index contributed by atoms with van der Waals surface area (Å²) in [6.45, 7) is 0.507. The zero-order valence-electron chi connectivity index (χ0n) is 20.0. The average molecular weight is 592 g/mol. The monoisotopic (exact) mass is 590 g/mol. The minimum atomic E-state index is -0.568. The Morgan fingerprint density at radius 3 is 2.42 bits per heavy atom. The van der Waals surface area contributed by atoms with E-state index >= 15 is 0 Å². The Balaban J connectivity index is 1.43. The molecule has 0 aliphatic carbocycles. The molecule has 0 saturated carbocycles. The first-order valence-corrected chi connectivity index (χ1v) is 12.6. The van der Waals surface area contributed by atoms with Gasteiger partial charge in [-0.3, -0.25) is 4.79 Å². The number of ether oxygens (including phenoxy) is 2. The van der Waals surface area contributed by atoms with Gasteiger partial charge >= 0.3 is 0 Å². The van der Waals surface area contributed by atoms with Crippen LogP contribution < -0.4 is 14.8 Å². The molecule has 0 fully saturated rings. The van der Waals surface area contributed by atoms with Crippen LogP contribution in [0.4, 0.5) is 10.1 Å². The van der Waals surface area contributed by atoms with E-state index in [1.165, 1.54) is 18.2 Å². The fraction of sp³-hybridized carbons (Fsp3) is 0.0667. The molecule has 0 saturated heterocycles. The van der Waals surface area contributed by atoms with Crippen LogP contribution in [0.1, 0.15) is 16.7 Å². The van der Waals surface area contributed by atoms with Gasteiger partial charge in [0.15, 0.2) is 0 Å². The quantitative estimate of drug-likeness (QED) is 0.158. The van der Waals surface area contributed by atoms with Crippen LogP contribution in [0.25, 0.3) is 6.08 Å². The zero-order chi connectivity index (χ0) is 26.9. The molecule has 5 nitrogen and oxygen atoms in total. The van der Waals surface area contributed by atoms with E-state index in [1.807, 2.05) is 24.3 Å². The Morgan fingerprint density at radius 2 is 1.71 bits per heavy atom. The summed E-state index contributed by atoms with van der Waals surface area (Å²) in [6, 6.07) is 27.4. The number of benzene rings is 4. The Hall–Kier alpha value is -4.12. The third-order valence-corrected chi connectivity index (χ3v) is 6.27. The lowest BCUT2D eigenvalue weighted by atomic mass is 10.1. The molecule has 0 spiro atoms. The molecule has 4 aromatic carbocycles. The van der Waals surface area contributed by atoms with Gasteiger partial charge in [0.1, 0.15) is 42.2 Å². The van der Waals surface area contributed by atoms with Crippen LogP contribution in [0.15, 0.2) is 101 Å². The van der Waals surface area contributed by atoms with E-state index < -0.39 is 5.91 Å². The Labute approximate surface area is 233 Å². The standard InChI is InChI=1S/C30H21BrClFN2O3/c31-24-7-14-29(38-18-20-5-8-25(33)9-6-20)22(16-24)15-23(17-34)30(36)35-26-10-12-27(13-11-26)37-19-21-3-1-2-4-28(21)32/h1-16H,18-19H2,(H,35,36)/b23-15+. The van der Waals surface area contributed by atoms with Crippen LogP contribution in [0, 0.1) is 17.1 Å². The number of nitriles is 1. The smallest absolute Gasteiger partial charge is 0.266 e. The number of anilines is 1. The van der Waals surface area contributed by atoms with E-state index in [-0.39, 0.29) is 18.0 Å². The summed E-state index contributed by atoms with van der Waals surface area (Å²) < 4.78 is 25.6. The number of hydrogen-bond donors (Lipinski definition) is 1. The predicted octanol–water partition coefficient (Wildman–Crippen LogP) is 7.95. The van der Waals surface area contributed by atoms with E-state index in [2.05, 4.69) is 21.2 Å².